The van der Waals surface area contributed by atoms with Crippen molar-refractivity contribution in [3.05, 3.63) is 12.2 Å². The lowest BCUT2D eigenvalue weighted by Gasteiger charge is -2.24. The normalized spacial score (nSPS) is 38.5. The van der Waals surface area contributed by atoms with Gasteiger partial charge in [-0.05, 0) is 35.0 Å². The van der Waals surface area contributed by atoms with Crippen LogP contribution in [0.25, 0.3) is 0 Å². The Labute approximate surface area is 126 Å². The molecule has 3 aliphatic carbocycles. The molecular formula is C17H25NO3. The number of aliphatic carboxylic acids is 1. The molecule has 2 fully saturated rings. The minimum absolute atomic E-state index is 0.0389. The fraction of sp³-hybridized carbons (Fsp3) is 0.765. The molecule has 4 nitrogen and oxygen atoms in total. The standard InChI is InChI=1S/C17H25NO3/c1-16(2)11(17(16,3)4)8-18-14(19)12-9-5-6-10(7-9)13(12)15(20)21/h5-6,9-13H,7-8H2,1-4H3,(H,18,19)(H,20,21)/t9?,10?,12-,13+/m0/s1. The molecule has 0 aromatic rings. The van der Waals surface area contributed by atoms with Crippen LogP contribution >= 0.6 is 0 Å². The summed E-state index contributed by atoms with van der Waals surface area (Å²) in [5, 5.41) is 12.4. The molecule has 4 heteroatoms. The molecule has 4 atom stereocenters. The Bertz CT molecular complexity index is 506. The van der Waals surface area contributed by atoms with Gasteiger partial charge in [-0.2, -0.15) is 0 Å². The third-order valence-electron chi connectivity index (χ3n) is 6.85. The molecule has 3 rings (SSSR count). The summed E-state index contributed by atoms with van der Waals surface area (Å²) in [6.07, 6.45) is 4.81. The minimum atomic E-state index is -0.834. The van der Waals surface area contributed by atoms with Crippen LogP contribution in [0.3, 0.4) is 0 Å². The first kappa shape index (κ1) is 14.6. The van der Waals surface area contributed by atoms with Crippen molar-refractivity contribution in [3.8, 4) is 0 Å². The number of hydrogen-bond acceptors (Lipinski definition) is 2. The molecular weight excluding hydrogens is 266 g/mol. The van der Waals surface area contributed by atoms with Gasteiger partial charge in [0.15, 0.2) is 0 Å². The third kappa shape index (κ3) is 1.95. The van der Waals surface area contributed by atoms with Crippen LogP contribution in [0.5, 0.6) is 0 Å². The largest absolute Gasteiger partial charge is 0.481 e. The number of carboxylic acids is 1. The maximum Gasteiger partial charge on any atom is 0.307 e. The van der Waals surface area contributed by atoms with E-state index in [-0.39, 0.29) is 34.5 Å². The number of rotatable bonds is 4. The molecule has 1 amide bonds. The molecule has 21 heavy (non-hydrogen) atoms. The van der Waals surface area contributed by atoms with Crippen molar-refractivity contribution >= 4 is 11.9 Å². The maximum atomic E-state index is 12.5. The highest BCUT2D eigenvalue weighted by Gasteiger charge is 2.64. The van der Waals surface area contributed by atoms with E-state index in [0.717, 1.165) is 6.42 Å². The second-order valence-corrected chi connectivity index (χ2v) is 8.08. The smallest absolute Gasteiger partial charge is 0.307 e. The second-order valence-electron chi connectivity index (χ2n) is 8.08. The number of carbonyl (C=O) groups excluding carboxylic acids is 1. The molecule has 0 radical (unpaired) electrons. The number of fused-ring (bicyclic) bond motifs is 2. The summed E-state index contributed by atoms with van der Waals surface area (Å²) in [5.41, 5.74) is 0.474. The maximum absolute atomic E-state index is 12.5. The Hall–Kier alpha value is -1.32. The molecule has 0 aromatic carbocycles. The first-order valence-corrected chi connectivity index (χ1v) is 7.86. The Morgan fingerprint density at radius 1 is 1.10 bits per heavy atom. The molecule has 116 valence electrons. The van der Waals surface area contributed by atoms with Crippen LogP contribution in [-0.4, -0.2) is 23.5 Å². The summed E-state index contributed by atoms with van der Waals surface area (Å²) in [4.78, 5) is 23.9. The van der Waals surface area contributed by atoms with E-state index in [2.05, 4.69) is 33.0 Å². The van der Waals surface area contributed by atoms with Crippen LogP contribution in [0.1, 0.15) is 34.1 Å². The zero-order chi connectivity index (χ0) is 15.6. The van der Waals surface area contributed by atoms with Crippen LogP contribution in [0.15, 0.2) is 12.2 Å². The lowest BCUT2D eigenvalue weighted by atomic mass is 9.82. The second kappa shape index (κ2) is 4.34. The lowest BCUT2D eigenvalue weighted by molar-refractivity contribution is -0.147. The molecule has 0 spiro atoms. The number of hydrogen-bond donors (Lipinski definition) is 2. The van der Waals surface area contributed by atoms with Gasteiger partial charge in [0.2, 0.25) is 5.91 Å². The van der Waals surface area contributed by atoms with Crippen LogP contribution < -0.4 is 5.32 Å². The van der Waals surface area contributed by atoms with Crippen molar-refractivity contribution in [1.82, 2.24) is 5.32 Å². The van der Waals surface area contributed by atoms with Crippen molar-refractivity contribution in [2.75, 3.05) is 6.54 Å². The first-order valence-electron chi connectivity index (χ1n) is 7.86. The van der Waals surface area contributed by atoms with Crippen molar-refractivity contribution in [2.24, 2.45) is 40.4 Å². The van der Waals surface area contributed by atoms with Gasteiger partial charge in [0.1, 0.15) is 0 Å². The molecule has 0 heterocycles. The quantitative estimate of drug-likeness (QED) is 0.781. The molecule has 0 aromatic heterocycles. The predicted octanol–water partition coefficient (Wildman–Crippen LogP) is 2.31. The van der Waals surface area contributed by atoms with Gasteiger partial charge in [-0.15, -0.1) is 0 Å². The summed E-state index contributed by atoms with van der Waals surface area (Å²) in [7, 11) is 0. The van der Waals surface area contributed by atoms with Crippen LogP contribution in [0, 0.1) is 40.4 Å². The minimum Gasteiger partial charge on any atom is -0.481 e. The van der Waals surface area contributed by atoms with Crippen molar-refractivity contribution in [3.63, 3.8) is 0 Å². The predicted molar refractivity (Wildman–Crippen MR) is 79.4 cm³/mol. The number of carboxylic acid groups (broad SMARTS) is 1. The third-order valence-corrected chi connectivity index (χ3v) is 6.85. The van der Waals surface area contributed by atoms with Crippen LogP contribution in [0.2, 0.25) is 0 Å². The Kier molecular flexibility index (Phi) is 3.02. The highest BCUT2D eigenvalue weighted by atomic mass is 16.4. The molecule has 0 saturated heterocycles. The van der Waals surface area contributed by atoms with E-state index in [4.69, 9.17) is 0 Å². The summed E-state index contributed by atoms with van der Waals surface area (Å²) in [6, 6.07) is 0. The number of allylic oxidation sites excluding steroid dienone is 2. The van der Waals surface area contributed by atoms with Crippen LogP contribution in [0.4, 0.5) is 0 Å². The van der Waals surface area contributed by atoms with Gasteiger partial charge < -0.3 is 10.4 Å². The fourth-order valence-corrected chi connectivity index (χ4v) is 4.68. The first-order chi connectivity index (χ1) is 9.68. The van der Waals surface area contributed by atoms with Gasteiger partial charge >= 0.3 is 5.97 Å². The molecule has 2 N–H and O–H groups in total. The molecule has 2 bridgehead atoms. The number of amides is 1. The van der Waals surface area contributed by atoms with E-state index >= 15 is 0 Å². The Balaban J connectivity index is 1.64. The number of carbonyl (C=O) groups is 2. The van der Waals surface area contributed by atoms with E-state index in [1.807, 2.05) is 12.2 Å². The van der Waals surface area contributed by atoms with Gasteiger partial charge in [-0.3, -0.25) is 9.59 Å². The summed E-state index contributed by atoms with van der Waals surface area (Å²) >= 11 is 0. The van der Waals surface area contributed by atoms with Crippen molar-refractivity contribution < 1.29 is 14.7 Å². The van der Waals surface area contributed by atoms with Gasteiger partial charge in [0.25, 0.3) is 0 Å². The van der Waals surface area contributed by atoms with Crippen molar-refractivity contribution in [1.29, 1.82) is 0 Å². The topological polar surface area (TPSA) is 66.4 Å². The van der Waals surface area contributed by atoms with Gasteiger partial charge in [-0.1, -0.05) is 39.8 Å². The molecule has 2 saturated carbocycles. The highest BCUT2D eigenvalue weighted by Crippen LogP contribution is 2.68. The molecule has 3 aliphatic rings. The van der Waals surface area contributed by atoms with Crippen LogP contribution in [-0.2, 0) is 9.59 Å². The van der Waals surface area contributed by atoms with Gasteiger partial charge in [0, 0.05) is 6.54 Å². The van der Waals surface area contributed by atoms with E-state index in [0.29, 0.717) is 12.5 Å². The molecule has 2 unspecified atom stereocenters. The monoisotopic (exact) mass is 291 g/mol. The fourth-order valence-electron chi connectivity index (χ4n) is 4.68. The lowest BCUT2D eigenvalue weighted by Crippen LogP contribution is -2.41. The Morgan fingerprint density at radius 3 is 2.10 bits per heavy atom. The highest BCUT2D eigenvalue weighted by molar-refractivity contribution is 5.86. The Morgan fingerprint density at radius 2 is 1.62 bits per heavy atom. The molecule has 0 aliphatic heterocycles. The SMILES string of the molecule is CC1(C)C(CNC(=O)[C@H]2C3C=CC(C3)[C@H]2C(=O)O)C1(C)C. The average Bonchev–Trinajstić information content (AvgIpc) is 2.85. The van der Waals surface area contributed by atoms with E-state index in [1.165, 1.54) is 0 Å². The van der Waals surface area contributed by atoms with Crippen molar-refractivity contribution in [2.45, 2.75) is 34.1 Å². The zero-order valence-corrected chi connectivity index (χ0v) is 13.2. The van der Waals surface area contributed by atoms with Gasteiger partial charge in [0.05, 0.1) is 11.8 Å². The van der Waals surface area contributed by atoms with E-state index < -0.39 is 11.9 Å². The summed E-state index contributed by atoms with van der Waals surface area (Å²) < 4.78 is 0. The van der Waals surface area contributed by atoms with E-state index in [1.54, 1.807) is 0 Å². The summed E-state index contributed by atoms with van der Waals surface area (Å²) in [5.74, 6) is -1.22. The zero-order valence-electron chi connectivity index (χ0n) is 13.2. The number of nitrogens with one attached hydrogen (secondary N) is 1. The van der Waals surface area contributed by atoms with E-state index in [9.17, 15) is 14.7 Å². The van der Waals surface area contributed by atoms with Gasteiger partial charge in [-0.25, -0.2) is 0 Å². The average molecular weight is 291 g/mol. The summed E-state index contributed by atoms with van der Waals surface area (Å²) in [6.45, 7) is 9.56.